The first-order valence-electron chi connectivity index (χ1n) is 5.41. The second-order valence-electron chi connectivity index (χ2n) is 4.26. The summed E-state index contributed by atoms with van der Waals surface area (Å²) >= 11 is 0. The number of aromatic hydroxyl groups is 1. The van der Waals surface area contributed by atoms with Crippen molar-refractivity contribution < 1.29 is 26.7 Å². The average molecular weight is 297 g/mol. The van der Waals surface area contributed by atoms with E-state index in [1.807, 2.05) is 0 Å². The van der Waals surface area contributed by atoms with Crippen LogP contribution in [-0.2, 0) is 10.0 Å². The molecule has 1 rings (SSSR count). The molecule has 0 unspecified atom stereocenters. The molecule has 4 nitrogen and oxygen atoms in total. The molecular formula is C11H14F3NO3S. The molecule has 108 valence electrons. The lowest BCUT2D eigenvalue weighted by atomic mass is 10.3. The van der Waals surface area contributed by atoms with Gasteiger partial charge in [0, 0.05) is 6.04 Å². The smallest absolute Gasteiger partial charge is 0.402 e. The molecule has 1 N–H and O–H groups in total. The molecule has 1 aromatic carbocycles. The average Bonchev–Trinajstić information content (AvgIpc) is 2.24. The zero-order chi connectivity index (χ0) is 14.8. The van der Waals surface area contributed by atoms with E-state index in [2.05, 4.69) is 0 Å². The summed E-state index contributed by atoms with van der Waals surface area (Å²) in [6.07, 6.45) is -4.63. The van der Waals surface area contributed by atoms with Gasteiger partial charge in [0.05, 0.1) is 4.90 Å². The summed E-state index contributed by atoms with van der Waals surface area (Å²) in [6.45, 7) is 1.14. The van der Waals surface area contributed by atoms with Crippen LogP contribution in [0.3, 0.4) is 0 Å². The standard InChI is InChI=1S/C11H14F3NO3S/c1-8(2)15(7-11(12,13)14)19(17,18)10-5-3-4-9(16)6-10/h3-6,8,16H,7H2,1-2H3. The molecule has 8 heteroatoms. The zero-order valence-corrected chi connectivity index (χ0v) is 11.2. The second kappa shape index (κ2) is 5.38. The molecule has 19 heavy (non-hydrogen) atoms. The van der Waals surface area contributed by atoms with Gasteiger partial charge in [-0.2, -0.15) is 17.5 Å². The number of benzene rings is 1. The maximum Gasteiger partial charge on any atom is 0.402 e. The monoisotopic (exact) mass is 297 g/mol. The Morgan fingerprint density at radius 3 is 2.32 bits per heavy atom. The third-order valence-electron chi connectivity index (χ3n) is 2.34. The van der Waals surface area contributed by atoms with E-state index in [0.717, 1.165) is 12.1 Å². The molecule has 0 radical (unpaired) electrons. The summed E-state index contributed by atoms with van der Waals surface area (Å²) in [4.78, 5) is -0.370. The summed E-state index contributed by atoms with van der Waals surface area (Å²) in [6, 6.07) is 3.70. The number of halogens is 3. The minimum absolute atomic E-state index is 0.322. The Balaban J connectivity index is 3.21. The molecule has 0 aliphatic carbocycles. The van der Waals surface area contributed by atoms with Gasteiger partial charge in [-0.15, -0.1) is 0 Å². The summed E-state index contributed by atoms with van der Waals surface area (Å²) < 4.78 is 61.9. The van der Waals surface area contributed by atoms with Crippen molar-refractivity contribution in [2.75, 3.05) is 6.54 Å². The number of rotatable bonds is 4. The number of hydrogen-bond donors (Lipinski definition) is 1. The van der Waals surface area contributed by atoms with E-state index in [1.54, 1.807) is 0 Å². The third-order valence-corrected chi connectivity index (χ3v) is 4.35. The van der Waals surface area contributed by atoms with Crippen molar-refractivity contribution in [3.05, 3.63) is 24.3 Å². The van der Waals surface area contributed by atoms with E-state index >= 15 is 0 Å². The van der Waals surface area contributed by atoms with Crippen LogP contribution >= 0.6 is 0 Å². The van der Waals surface area contributed by atoms with Crippen molar-refractivity contribution in [1.29, 1.82) is 0 Å². The minimum atomic E-state index is -4.63. The molecule has 0 saturated carbocycles. The molecule has 0 aliphatic heterocycles. The fourth-order valence-electron chi connectivity index (χ4n) is 1.50. The van der Waals surface area contributed by atoms with Gasteiger partial charge in [0.2, 0.25) is 10.0 Å². The molecule has 0 atom stereocenters. The second-order valence-corrected chi connectivity index (χ2v) is 6.15. The summed E-state index contributed by atoms with van der Waals surface area (Å²) in [7, 11) is -4.30. The number of alkyl halides is 3. The zero-order valence-electron chi connectivity index (χ0n) is 10.3. The number of phenols is 1. The van der Waals surface area contributed by atoms with Gasteiger partial charge in [0.1, 0.15) is 12.3 Å². The normalized spacial score (nSPS) is 13.2. The van der Waals surface area contributed by atoms with Crippen molar-refractivity contribution >= 4 is 10.0 Å². The van der Waals surface area contributed by atoms with Gasteiger partial charge >= 0.3 is 6.18 Å². The van der Waals surface area contributed by atoms with Crippen molar-refractivity contribution in [2.24, 2.45) is 0 Å². The molecule has 0 aliphatic rings. The fraction of sp³-hybridized carbons (Fsp3) is 0.455. The predicted octanol–water partition coefficient (Wildman–Crippen LogP) is 2.35. The Hall–Kier alpha value is -1.28. The lowest BCUT2D eigenvalue weighted by Crippen LogP contribution is -2.43. The molecule has 0 saturated heterocycles. The first-order chi connectivity index (χ1) is 8.54. The Labute approximate surface area is 109 Å². The van der Waals surface area contributed by atoms with Crippen molar-refractivity contribution in [3.63, 3.8) is 0 Å². The van der Waals surface area contributed by atoms with Crippen molar-refractivity contribution in [2.45, 2.75) is 31.0 Å². The van der Waals surface area contributed by atoms with Crippen LogP contribution in [0, 0.1) is 0 Å². The lowest BCUT2D eigenvalue weighted by Gasteiger charge is -2.26. The van der Waals surface area contributed by atoms with Gasteiger partial charge in [-0.1, -0.05) is 6.07 Å². The number of phenolic OH excluding ortho intramolecular Hbond substituents is 1. The van der Waals surface area contributed by atoms with Gasteiger partial charge < -0.3 is 5.11 Å². The van der Waals surface area contributed by atoms with Gasteiger partial charge in [0.15, 0.2) is 0 Å². The first kappa shape index (κ1) is 15.8. The highest BCUT2D eigenvalue weighted by Crippen LogP contribution is 2.26. The van der Waals surface area contributed by atoms with Gasteiger partial charge in [-0.3, -0.25) is 0 Å². The first-order valence-corrected chi connectivity index (χ1v) is 6.85. The van der Waals surface area contributed by atoms with E-state index in [4.69, 9.17) is 0 Å². The maximum absolute atomic E-state index is 12.4. The van der Waals surface area contributed by atoms with Crippen LogP contribution in [0.25, 0.3) is 0 Å². The summed E-state index contributed by atoms with van der Waals surface area (Å²) in [5, 5.41) is 9.22. The van der Waals surface area contributed by atoms with Crippen LogP contribution in [0.2, 0.25) is 0 Å². The topological polar surface area (TPSA) is 57.6 Å². The molecule has 1 aromatic rings. The molecule has 0 spiro atoms. The molecule has 0 amide bonds. The highest BCUT2D eigenvalue weighted by molar-refractivity contribution is 7.89. The van der Waals surface area contributed by atoms with E-state index in [9.17, 15) is 26.7 Å². The third kappa shape index (κ3) is 4.10. The van der Waals surface area contributed by atoms with Gasteiger partial charge in [-0.05, 0) is 32.0 Å². The van der Waals surface area contributed by atoms with Crippen molar-refractivity contribution in [3.8, 4) is 5.75 Å². The van der Waals surface area contributed by atoms with Crippen molar-refractivity contribution in [1.82, 2.24) is 4.31 Å². The Morgan fingerprint density at radius 1 is 1.32 bits per heavy atom. The van der Waals surface area contributed by atoms with E-state index < -0.39 is 28.8 Å². The molecule has 0 heterocycles. The molecule has 0 bridgehead atoms. The van der Waals surface area contributed by atoms with Gasteiger partial charge in [0.25, 0.3) is 0 Å². The van der Waals surface area contributed by atoms with E-state index in [1.165, 1.54) is 26.0 Å². The molecule has 0 fully saturated rings. The van der Waals surface area contributed by atoms with Crippen LogP contribution in [0.5, 0.6) is 5.75 Å². The van der Waals surface area contributed by atoms with Crippen LogP contribution in [0.15, 0.2) is 29.2 Å². The van der Waals surface area contributed by atoms with E-state index in [-0.39, 0.29) is 10.6 Å². The summed E-state index contributed by atoms with van der Waals surface area (Å²) in [5.74, 6) is -0.322. The van der Waals surface area contributed by atoms with E-state index in [0.29, 0.717) is 4.31 Å². The quantitative estimate of drug-likeness (QED) is 0.928. The number of hydrogen-bond acceptors (Lipinski definition) is 3. The summed E-state index contributed by atoms with van der Waals surface area (Å²) in [5.41, 5.74) is 0. The fourth-order valence-corrected chi connectivity index (χ4v) is 3.16. The van der Waals surface area contributed by atoms with Gasteiger partial charge in [-0.25, -0.2) is 8.42 Å². The highest BCUT2D eigenvalue weighted by atomic mass is 32.2. The number of nitrogens with zero attached hydrogens (tertiary/aromatic N) is 1. The van der Waals surface area contributed by atoms with Crippen LogP contribution in [0.4, 0.5) is 13.2 Å². The Bertz CT molecular complexity index is 540. The Morgan fingerprint density at radius 2 is 1.89 bits per heavy atom. The minimum Gasteiger partial charge on any atom is -0.508 e. The van der Waals surface area contributed by atoms with Crippen LogP contribution in [0.1, 0.15) is 13.8 Å². The SMILES string of the molecule is CC(C)N(CC(F)(F)F)S(=O)(=O)c1cccc(O)c1. The lowest BCUT2D eigenvalue weighted by molar-refractivity contribution is -0.138. The highest BCUT2D eigenvalue weighted by Gasteiger charge is 2.38. The maximum atomic E-state index is 12.4. The van der Waals surface area contributed by atoms with Crippen LogP contribution < -0.4 is 0 Å². The molecular weight excluding hydrogens is 283 g/mol. The van der Waals surface area contributed by atoms with Crippen LogP contribution in [-0.4, -0.2) is 36.6 Å². The Kier molecular flexibility index (Phi) is 4.46. The molecule has 0 aromatic heterocycles. The largest absolute Gasteiger partial charge is 0.508 e. The predicted molar refractivity (Wildman–Crippen MR) is 63.2 cm³/mol. The number of sulfonamides is 1.